The average Bonchev–Trinajstić information content (AvgIpc) is 2.25. The third-order valence-corrected chi connectivity index (χ3v) is 2.14. The summed E-state index contributed by atoms with van der Waals surface area (Å²) in [5, 5.41) is 3.53. The standard InChI is InChI=1S/C13H17ClN2O2/c1-9-5-7-10(8-6-9)15-16-11(14)12(17)18-13(2,3)4/h5-8,15H,1-4H3/b16-11-. The maximum atomic E-state index is 11.5. The molecule has 0 fully saturated rings. The molecule has 0 heterocycles. The summed E-state index contributed by atoms with van der Waals surface area (Å²) in [6.45, 7) is 7.29. The fraction of sp³-hybridized carbons (Fsp3) is 0.385. The molecule has 0 aliphatic carbocycles. The first kappa shape index (κ1) is 14.5. The highest BCUT2D eigenvalue weighted by atomic mass is 35.5. The average molecular weight is 269 g/mol. The van der Waals surface area contributed by atoms with Gasteiger partial charge in [0.25, 0.3) is 0 Å². The summed E-state index contributed by atoms with van der Waals surface area (Å²) in [5.74, 6) is -0.649. The van der Waals surface area contributed by atoms with Crippen LogP contribution >= 0.6 is 11.6 Å². The van der Waals surface area contributed by atoms with Crippen molar-refractivity contribution in [3.8, 4) is 0 Å². The molecule has 0 amide bonds. The van der Waals surface area contributed by atoms with Crippen LogP contribution in [0.5, 0.6) is 0 Å². The minimum atomic E-state index is -0.649. The zero-order valence-corrected chi connectivity index (χ0v) is 11.7. The number of hydrogen-bond acceptors (Lipinski definition) is 4. The van der Waals surface area contributed by atoms with E-state index in [1.54, 1.807) is 20.8 Å². The summed E-state index contributed by atoms with van der Waals surface area (Å²) in [7, 11) is 0. The van der Waals surface area contributed by atoms with E-state index in [1.165, 1.54) is 0 Å². The molecule has 4 nitrogen and oxygen atoms in total. The van der Waals surface area contributed by atoms with Gasteiger partial charge in [-0.15, -0.1) is 0 Å². The monoisotopic (exact) mass is 268 g/mol. The third kappa shape index (κ3) is 5.19. The van der Waals surface area contributed by atoms with Gasteiger partial charge in [0.2, 0.25) is 5.17 Å². The fourth-order valence-corrected chi connectivity index (χ4v) is 1.19. The summed E-state index contributed by atoms with van der Waals surface area (Å²) in [6.07, 6.45) is 0. The Kier molecular flexibility index (Phi) is 4.73. The van der Waals surface area contributed by atoms with E-state index in [4.69, 9.17) is 16.3 Å². The van der Waals surface area contributed by atoms with Crippen LogP contribution in [0.2, 0.25) is 0 Å². The summed E-state index contributed by atoms with van der Waals surface area (Å²) in [4.78, 5) is 11.5. The van der Waals surface area contributed by atoms with Gasteiger partial charge in [0.15, 0.2) is 0 Å². The van der Waals surface area contributed by atoms with Gasteiger partial charge in [0.05, 0.1) is 5.69 Å². The highest BCUT2D eigenvalue weighted by Crippen LogP contribution is 2.11. The molecule has 0 saturated carbocycles. The Morgan fingerprint density at radius 1 is 1.28 bits per heavy atom. The smallest absolute Gasteiger partial charge is 0.371 e. The number of carbonyl (C=O) groups excluding carboxylic acids is 1. The van der Waals surface area contributed by atoms with Gasteiger partial charge < -0.3 is 4.74 Å². The quantitative estimate of drug-likeness (QED) is 0.520. The molecule has 0 aliphatic heterocycles. The van der Waals surface area contributed by atoms with Crippen molar-refractivity contribution in [2.24, 2.45) is 5.10 Å². The predicted molar refractivity (Wildman–Crippen MR) is 73.9 cm³/mol. The molecule has 0 bridgehead atoms. The topological polar surface area (TPSA) is 50.7 Å². The molecule has 1 rings (SSSR count). The van der Waals surface area contributed by atoms with Gasteiger partial charge in [-0.05, 0) is 39.8 Å². The molecule has 0 spiro atoms. The lowest BCUT2D eigenvalue weighted by Crippen LogP contribution is -2.27. The van der Waals surface area contributed by atoms with Crippen LogP contribution in [0.15, 0.2) is 29.4 Å². The Labute approximate surface area is 112 Å². The van der Waals surface area contributed by atoms with Crippen LogP contribution < -0.4 is 5.43 Å². The second-order valence-corrected chi connectivity index (χ2v) is 5.24. The van der Waals surface area contributed by atoms with Crippen LogP contribution in [-0.4, -0.2) is 16.7 Å². The van der Waals surface area contributed by atoms with E-state index >= 15 is 0 Å². The number of aryl methyl sites for hydroxylation is 1. The number of benzene rings is 1. The van der Waals surface area contributed by atoms with E-state index in [0.29, 0.717) is 0 Å². The molecule has 0 aliphatic rings. The van der Waals surface area contributed by atoms with Crippen molar-refractivity contribution in [2.45, 2.75) is 33.3 Å². The fourth-order valence-electron chi connectivity index (χ4n) is 1.11. The van der Waals surface area contributed by atoms with Crippen LogP contribution in [0, 0.1) is 6.92 Å². The van der Waals surface area contributed by atoms with Gasteiger partial charge in [0.1, 0.15) is 5.60 Å². The Morgan fingerprint density at radius 2 is 1.83 bits per heavy atom. The van der Waals surface area contributed by atoms with E-state index in [-0.39, 0.29) is 5.17 Å². The van der Waals surface area contributed by atoms with E-state index in [0.717, 1.165) is 11.3 Å². The summed E-state index contributed by atoms with van der Waals surface area (Å²) in [6, 6.07) is 7.55. The maximum Gasteiger partial charge on any atom is 0.371 e. The molecule has 1 N–H and O–H groups in total. The van der Waals surface area contributed by atoms with Gasteiger partial charge >= 0.3 is 5.97 Å². The highest BCUT2D eigenvalue weighted by molar-refractivity contribution is 6.82. The summed E-state index contributed by atoms with van der Waals surface area (Å²) in [5.41, 5.74) is 4.00. The number of carbonyl (C=O) groups is 1. The maximum absolute atomic E-state index is 11.5. The lowest BCUT2D eigenvalue weighted by Gasteiger charge is -2.18. The zero-order valence-electron chi connectivity index (χ0n) is 11.0. The number of rotatable bonds is 3. The minimum absolute atomic E-state index is 0.231. The summed E-state index contributed by atoms with van der Waals surface area (Å²) < 4.78 is 5.07. The molecule has 1 aromatic carbocycles. The molecule has 0 aromatic heterocycles. The van der Waals surface area contributed by atoms with E-state index < -0.39 is 11.6 Å². The van der Waals surface area contributed by atoms with Gasteiger partial charge in [-0.1, -0.05) is 29.3 Å². The first-order valence-corrected chi connectivity index (χ1v) is 5.95. The van der Waals surface area contributed by atoms with Gasteiger partial charge in [0, 0.05) is 0 Å². The number of hydrogen-bond donors (Lipinski definition) is 1. The van der Waals surface area contributed by atoms with Gasteiger partial charge in [-0.2, -0.15) is 5.10 Å². The molecule has 5 heteroatoms. The Hall–Kier alpha value is -1.55. The van der Waals surface area contributed by atoms with Crippen LogP contribution in [-0.2, 0) is 9.53 Å². The lowest BCUT2D eigenvalue weighted by atomic mass is 10.2. The predicted octanol–water partition coefficient (Wildman–Crippen LogP) is 3.30. The normalized spacial score (nSPS) is 12.2. The molecule has 0 atom stereocenters. The van der Waals surface area contributed by atoms with Gasteiger partial charge in [-0.3, -0.25) is 5.43 Å². The molecule has 0 saturated heterocycles. The molecular weight excluding hydrogens is 252 g/mol. The molecule has 18 heavy (non-hydrogen) atoms. The first-order valence-electron chi connectivity index (χ1n) is 5.57. The van der Waals surface area contributed by atoms with Crippen LogP contribution in [0.4, 0.5) is 5.69 Å². The number of nitrogens with one attached hydrogen (secondary N) is 1. The SMILES string of the molecule is Cc1ccc(N/N=C(\Cl)C(=O)OC(C)(C)C)cc1. The van der Waals surface area contributed by atoms with Crippen molar-refractivity contribution < 1.29 is 9.53 Å². The zero-order chi connectivity index (χ0) is 13.8. The largest absolute Gasteiger partial charge is 0.455 e. The Balaban J connectivity index is 2.61. The summed E-state index contributed by atoms with van der Waals surface area (Å²) >= 11 is 5.73. The van der Waals surface area contributed by atoms with Crippen molar-refractivity contribution in [1.82, 2.24) is 0 Å². The highest BCUT2D eigenvalue weighted by Gasteiger charge is 2.19. The molecule has 0 radical (unpaired) electrons. The number of ether oxygens (including phenoxy) is 1. The number of anilines is 1. The van der Waals surface area contributed by atoms with E-state index in [9.17, 15) is 4.79 Å². The Bertz CT molecular complexity index is 447. The van der Waals surface area contributed by atoms with Crippen LogP contribution in [0.25, 0.3) is 0 Å². The van der Waals surface area contributed by atoms with Crippen molar-refractivity contribution in [1.29, 1.82) is 0 Å². The van der Waals surface area contributed by atoms with Crippen LogP contribution in [0.3, 0.4) is 0 Å². The number of esters is 1. The van der Waals surface area contributed by atoms with Crippen molar-refractivity contribution in [2.75, 3.05) is 5.43 Å². The second kappa shape index (κ2) is 5.87. The number of hydrazone groups is 1. The molecule has 98 valence electrons. The van der Waals surface area contributed by atoms with E-state index in [1.807, 2.05) is 31.2 Å². The van der Waals surface area contributed by atoms with Gasteiger partial charge in [-0.25, -0.2) is 4.79 Å². The van der Waals surface area contributed by atoms with Crippen LogP contribution in [0.1, 0.15) is 26.3 Å². The molecule has 1 aromatic rings. The second-order valence-electron chi connectivity index (χ2n) is 4.88. The number of halogens is 1. The molecular formula is C13H17ClN2O2. The first-order chi connectivity index (χ1) is 8.28. The van der Waals surface area contributed by atoms with Crippen molar-refractivity contribution in [3.63, 3.8) is 0 Å². The lowest BCUT2D eigenvalue weighted by molar-refractivity contribution is -0.145. The van der Waals surface area contributed by atoms with Crippen molar-refractivity contribution >= 4 is 28.4 Å². The number of nitrogens with zero attached hydrogens (tertiary/aromatic N) is 1. The van der Waals surface area contributed by atoms with Crippen molar-refractivity contribution in [3.05, 3.63) is 29.8 Å². The molecule has 0 unspecified atom stereocenters. The third-order valence-electron chi connectivity index (χ3n) is 1.90. The van der Waals surface area contributed by atoms with E-state index in [2.05, 4.69) is 10.5 Å². The Morgan fingerprint density at radius 3 is 2.33 bits per heavy atom. The minimum Gasteiger partial charge on any atom is -0.455 e.